The Balaban J connectivity index is 2.36. The van der Waals surface area contributed by atoms with Gasteiger partial charge in [0.25, 0.3) is 0 Å². The molecular formula is C11H19F3O. The summed E-state index contributed by atoms with van der Waals surface area (Å²) in [6.45, 7) is 4.28. The van der Waals surface area contributed by atoms with E-state index in [-0.39, 0.29) is 17.8 Å². The first-order valence-electron chi connectivity index (χ1n) is 5.45. The molecule has 1 nitrogen and oxygen atoms in total. The SMILES string of the molecule is CC1(C)CCC(CC(O)C(F)(F)F)CC1. The Morgan fingerprint density at radius 1 is 1.27 bits per heavy atom. The summed E-state index contributed by atoms with van der Waals surface area (Å²) in [6.07, 6.45) is -3.18. The van der Waals surface area contributed by atoms with Crippen molar-refractivity contribution in [2.75, 3.05) is 0 Å². The number of aliphatic hydroxyl groups excluding tert-OH is 1. The van der Waals surface area contributed by atoms with Crippen molar-refractivity contribution in [3.8, 4) is 0 Å². The number of halogens is 3. The Kier molecular flexibility index (Phi) is 3.69. The minimum absolute atomic E-state index is 0.0367. The van der Waals surface area contributed by atoms with E-state index >= 15 is 0 Å². The van der Waals surface area contributed by atoms with Crippen LogP contribution in [0.3, 0.4) is 0 Å². The van der Waals surface area contributed by atoms with E-state index in [9.17, 15) is 13.2 Å². The number of aliphatic hydroxyl groups is 1. The van der Waals surface area contributed by atoms with Gasteiger partial charge in [0, 0.05) is 0 Å². The molecule has 0 bridgehead atoms. The molecule has 0 amide bonds. The summed E-state index contributed by atoms with van der Waals surface area (Å²) in [4.78, 5) is 0. The summed E-state index contributed by atoms with van der Waals surface area (Å²) >= 11 is 0. The Labute approximate surface area is 88.7 Å². The average molecular weight is 224 g/mol. The van der Waals surface area contributed by atoms with Crippen LogP contribution in [0.1, 0.15) is 46.0 Å². The van der Waals surface area contributed by atoms with Gasteiger partial charge in [-0.1, -0.05) is 13.8 Å². The van der Waals surface area contributed by atoms with Crippen molar-refractivity contribution in [3.63, 3.8) is 0 Å². The van der Waals surface area contributed by atoms with Crippen LogP contribution in [0.4, 0.5) is 13.2 Å². The molecule has 1 rings (SSSR count). The summed E-state index contributed by atoms with van der Waals surface area (Å²) in [5.41, 5.74) is 0.264. The van der Waals surface area contributed by atoms with Crippen molar-refractivity contribution in [1.82, 2.24) is 0 Å². The highest BCUT2D eigenvalue weighted by Crippen LogP contribution is 2.40. The zero-order chi connectivity index (χ0) is 11.7. The average Bonchev–Trinajstić information content (AvgIpc) is 2.07. The lowest BCUT2D eigenvalue weighted by Crippen LogP contribution is -2.32. The summed E-state index contributed by atoms with van der Waals surface area (Å²) in [6, 6.07) is 0. The summed E-state index contributed by atoms with van der Waals surface area (Å²) < 4.78 is 36.3. The van der Waals surface area contributed by atoms with E-state index in [1.165, 1.54) is 0 Å². The molecule has 0 aliphatic heterocycles. The maximum absolute atomic E-state index is 12.1. The second kappa shape index (κ2) is 4.32. The van der Waals surface area contributed by atoms with Crippen LogP contribution >= 0.6 is 0 Å². The van der Waals surface area contributed by atoms with Gasteiger partial charge in [0.2, 0.25) is 0 Å². The third-order valence-corrected chi connectivity index (χ3v) is 3.39. The standard InChI is InChI=1S/C11H19F3O/c1-10(2)5-3-8(4-6-10)7-9(15)11(12,13)14/h8-9,15H,3-7H2,1-2H3. The van der Waals surface area contributed by atoms with Gasteiger partial charge in [-0.15, -0.1) is 0 Å². The van der Waals surface area contributed by atoms with Gasteiger partial charge in [-0.3, -0.25) is 0 Å². The topological polar surface area (TPSA) is 20.2 Å². The van der Waals surface area contributed by atoms with Crippen molar-refractivity contribution >= 4 is 0 Å². The lowest BCUT2D eigenvalue weighted by Gasteiger charge is -2.35. The third kappa shape index (κ3) is 4.01. The predicted octanol–water partition coefficient (Wildman–Crippen LogP) is 3.52. The van der Waals surface area contributed by atoms with Crippen LogP contribution in [0, 0.1) is 11.3 Å². The van der Waals surface area contributed by atoms with Crippen LogP contribution in [0.5, 0.6) is 0 Å². The Hall–Kier alpha value is -0.250. The second-order valence-electron chi connectivity index (χ2n) is 5.40. The first-order valence-corrected chi connectivity index (χ1v) is 5.45. The van der Waals surface area contributed by atoms with Gasteiger partial charge in [0.1, 0.15) is 6.10 Å². The summed E-state index contributed by atoms with van der Waals surface area (Å²) in [5, 5.41) is 8.94. The molecular weight excluding hydrogens is 205 g/mol. The molecule has 1 fully saturated rings. The number of rotatable bonds is 2. The van der Waals surface area contributed by atoms with Crippen molar-refractivity contribution in [1.29, 1.82) is 0 Å². The number of alkyl halides is 3. The largest absolute Gasteiger partial charge is 0.414 e. The zero-order valence-electron chi connectivity index (χ0n) is 9.27. The van der Waals surface area contributed by atoms with E-state index < -0.39 is 12.3 Å². The minimum Gasteiger partial charge on any atom is -0.384 e. The van der Waals surface area contributed by atoms with Crippen LogP contribution in [-0.2, 0) is 0 Å². The smallest absolute Gasteiger partial charge is 0.384 e. The van der Waals surface area contributed by atoms with Gasteiger partial charge in [-0.2, -0.15) is 13.2 Å². The Morgan fingerprint density at radius 2 is 1.73 bits per heavy atom. The molecule has 1 aliphatic rings. The quantitative estimate of drug-likeness (QED) is 0.761. The molecule has 0 spiro atoms. The molecule has 0 heterocycles. The molecule has 0 aromatic carbocycles. The molecule has 0 aromatic rings. The van der Waals surface area contributed by atoms with E-state index in [1.54, 1.807) is 0 Å². The fourth-order valence-corrected chi connectivity index (χ4v) is 2.14. The van der Waals surface area contributed by atoms with Crippen molar-refractivity contribution in [2.45, 2.75) is 58.2 Å². The van der Waals surface area contributed by atoms with Gasteiger partial charge in [0.15, 0.2) is 0 Å². The number of hydrogen-bond acceptors (Lipinski definition) is 1. The Bertz CT molecular complexity index is 200. The molecule has 0 saturated heterocycles. The van der Waals surface area contributed by atoms with E-state index in [1.807, 2.05) is 0 Å². The fourth-order valence-electron chi connectivity index (χ4n) is 2.14. The van der Waals surface area contributed by atoms with E-state index in [0.29, 0.717) is 0 Å². The molecule has 0 aromatic heterocycles. The van der Waals surface area contributed by atoms with Crippen LogP contribution in [0.15, 0.2) is 0 Å². The molecule has 1 atom stereocenters. The van der Waals surface area contributed by atoms with E-state index in [4.69, 9.17) is 5.11 Å². The van der Waals surface area contributed by atoms with E-state index in [0.717, 1.165) is 25.7 Å². The summed E-state index contributed by atoms with van der Waals surface area (Å²) in [7, 11) is 0. The minimum atomic E-state index is -4.45. The maximum Gasteiger partial charge on any atom is 0.414 e. The second-order valence-corrected chi connectivity index (χ2v) is 5.40. The van der Waals surface area contributed by atoms with Gasteiger partial charge in [-0.25, -0.2) is 0 Å². The van der Waals surface area contributed by atoms with Gasteiger partial charge >= 0.3 is 6.18 Å². The highest BCUT2D eigenvalue weighted by molar-refractivity contribution is 4.81. The van der Waals surface area contributed by atoms with Crippen LogP contribution in [-0.4, -0.2) is 17.4 Å². The molecule has 15 heavy (non-hydrogen) atoms. The molecule has 1 N–H and O–H groups in total. The molecule has 90 valence electrons. The first kappa shape index (κ1) is 12.8. The molecule has 0 radical (unpaired) electrons. The monoisotopic (exact) mass is 224 g/mol. The normalized spacial score (nSPS) is 25.2. The number of hydrogen-bond donors (Lipinski definition) is 1. The predicted molar refractivity (Wildman–Crippen MR) is 52.4 cm³/mol. The van der Waals surface area contributed by atoms with Crippen LogP contribution < -0.4 is 0 Å². The van der Waals surface area contributed by atoms with Crippen LogP contribution in [0.25, 0.3) is 0 Å². The lowest BCUT2D eigenvalue weighted by molar-refractivity contribution is -0.209. The molecule has 4 heteroatoms. The Morgan fingerprint density at radius 3 is 2.13 bits per heavy atom. The zero-order valence-corrected chi connectivity index (χ0v) is 9.27. The van der Waals surface area contributed by atoms with Crippen LogP contribution in [0.2, 0.25) is 0 Å². The maximum atomic E-state index is 12.1. The first-order chi connectivity index (χ1) is 6.71. The van der Waals surface area contributed by atoms with E-state index in [2.05, 4.69) is 13.8 Å². The highest BCUT2D eigenvalue weighted by atomic mass is 19.4. The summed E-state index contributed by atoms with van der Waals surface area (Å²) in [5.74, 6) is 0.0367. The van der Waals surface area contributed by atoms with Gasteiger partial charge in [0.05, 0.1) is 0 Å². The fraction of sp³-hybridized carbons (Fsp3) is 1.00. The van der Waals surface area contributed by atoms with Gasteiger partial charge in [-0.05, 0) is 43.4 Å². The van der Waals surface area contributed by atoms with Crippen molar-refractivity contribution in [2.24, 2.45) is 11.3 Å². The molecule has 1 saturated carbocycles. The van der Waals surface area contributed by atoms with Crippen molar-refractivity contribution < 1.29 is 18.3 Å². The molecule has 1 unspecified atom stereocenters. The van der Waals surface area contributed by atoms with Gasteiger partial charge < -0.3 is 5.11 Å². The van der Waals surface area contributed by atoms with Crippen molar-refractivity contribution in [3.05, 3.63) is 0 Å². The third-order valence-electron chi connectivity index (χ3n) is 3.39. The highest BCUT2D eigenvalue weighted by Gasteiger charge is 2.40. The lowest BCUT2D eigenvalue weighted by atomic mass is 9.72. The molecule has 1 aliphatic carbocycles.